The second-order valence-corrected chi connectivity index (χ2v) is 3.93. The van der Waals surface area contributed by atoms with Crippen molar-refractivity contribution >= 4 is 23.2 Å². The van der Waals surface area contributed by atoms with Gasteiger partial charge in [0.1, 0.15) is 0 Å². The van der Waals surface area contributed by atoms with Gasteiger partial charge in [-0.1, -0.05) is 23.7 Å². The van der Waals surface area contributed by atoms with E-state index in [1.54, 1.807) is 0 Å². The van der Waals surface area contributed by atoms with Gasteiger partial charge in [0.25, 0.3) is 0 Å². The van der Waals surface area contributed by atoms with Crippen molar-refractivity contribution in [3.8, 4) is 0 Å². The van der Waals surface area contributed by atoms with Crippen LogP contribution < -0.4 is 5.73 Å². The van der Waals surface area contributed by atoms with E-state index in [1.165, 1.54) is 0 Å². The average molecular weight is 218 g/mol. The van der Waals surface area contributed by atoms with Gasteiger partial charge in [0.05, 0.1) is 0 Å². The molecule has 0 amide bonds. The van der Waals surface area contributed by atoms with E-state index < -0.39 is 0 Å². The lowest BCUT2D eigenvalue weighted by molar-refractivity contribution is 0.745. The fourth-order valence-corrected chi connectivity index (χ4v) is 1.58. The van der Waals surface area contributed by atoms with Crippen molar-refractivity contribution < 1.29 is 0 Å². The van der Waals surface area contributed by atoms with Crippen molar-refractivity contribution in [2.24, 2.45) is 5.73 Å². The maximum Gasteiger partial charge on any atom is 0.0441 e. The zero-order valence-electron chi connectivity index (χ0n) is 7.56. The number of hydrogen-bond donors (Lipinski definition) is 1. The van der Waals surface area contributed by atoms with Gasteiger partial charge < -0.3 is 5.73 Å². The Morgan fingerprint density at radius 2 is 2.15 bits per heavy atom. The van der Waals surface area contributed by atoms with Gasteiger partial charge in [0, 0.05) is 16.9 Å². The molecule has 1 nitrogen and oxygen atoms in total. The molecule has 3 heteroatoms. The topological polar surface area (TPSA) is 26.0 Å². The standard InChI is InChI=1S/C10H13Cl2N/c1-7-2-3-8(10(12)4-7)5-9(13)6-11/h2-4,9H,5-6,13H2,1H3/t9-/m0/s1. The smallest absolute Gasteiger partial charge is 0.0441 e. The lowest BCUT2D eigenvalue weighted by atomic mass is 10.1. The predicted octanol–water partition coefficient (Wildman–Crippen LogP) is 2.76. The minimum absolute atomic E-state index is 0.0122. The van der Waals surface area contributed by atoms with E-state index in [4.69, 9.17) is 28.9 Å². The first-order chi connectivity index (χ1) is 6.13. The lowest BCUT2D eigenvalue weighted by Crippen LogP contribution is -2.24. The summed E-state index contributed by atoms with van der Waals surface area (Å²) in [6.45, 7) is 2.01. The van der Waals surface area contributed by atoms with Crippen LogP contribution in [-0.4, -0.2) is 11.9 Å². The van der Waals surface area contributed by atoms with Crippen LogP contribution in [0.25, 0.3) is 0 Å². The number of halogens is 2. The van der Waals surface area contributed by atoms with Gasteiger partial charge in [-0.05, 0) is 30.5 Å². The molecule has 0 saturated heterocycles. The molecule has 0 aromatic heterocycles. The largest absolute Gasteiger partial charge is 0.326 e. The molecule has 1 aromatic carbocycles. The van der Waals surface area contributed by atoms with E-state index in [0.29, 0.717) is 5.88 Å². The average Bonchev–Trinajstić information content (AvgIpc) is 2.09. The first kappa shape index (κ1) is 10.8. The first-order valence-corrected chi connectivity index (χ1v) is 5.11. The maximum absolute atomic E-state index is 6.03. The zero-order valence-corrected chi connectivity index (χ0v) is 9.07. The lowest BCUT2D eigenvalue weighted by Gasteiger charge is -2.09. The van der Waals surface area contributed by atoms with Crippen molar-refractivity contribution in [1.82, 2.24) is 0 Å². The van der Waals surface area contributed by atoms with Gasteiger partial charge in [-0.3, -0.25) is 0 Å². The summed E-state index contributed by atoms with van der Waals surface area (Å²) < 4.78 is 0. The summed E-state index contributed by atoms with van der Waals surface area (Å²) in [4.78, 5) is 0. The molecular weight excluding hydrogens is 205 g/mol. The van der Waals surface area contributed by atoms with Crippen LogP contribution in [0.2, 0.25) is 5.02 Å². The molecule has 0 aliphatic heterocycles. The number of hydrogen-bond acceptors (Lipinski definition) is 1. The third-order valence-electron chi connectivity index (χ3n) is 1.89. The molecule has 0 aliphatic carbocycles. The third-order valence-corrected chi connectivity index (χ3v) is 2.64. The van der Waals surface area contributed by atoms with Gasteiger partial charge in [0.2, 0.25) is 0 Å². The van der Waals surface area contributed by atoms with Crippen molar-refractivity contribution in [3.05, 3.63) is 34.3 Å². The normalized spacial score (nSPS) is 12.9. The Morgan fingerprint density at radius 1 is 1.46 bits per heavy atom. The van der Waals surface area contributed by atoms with Crippen LogP contribution in [-0.2, 0) is 6.42 Å². The minimum Gasteiger partial charge on any atom is -0.326 e. The maximum atomic E-state index is 6.03. The van der Waals surface area contributed by atoms with E-state index >= 15 is 0 Å². The Bertz CT molecular complexity index is 286. The summed E-state index contributed by atoms with van der Waals surface area (Å²) in [5, 5.41) is 0.778. The molecule has 72 valence electrons. The van der Waals surface area contributed by atoms with Crippen LogP contribution in [0.1, 0.15) is 11.1 Å². The summed E-state index contributed by atoms with van der Waals surface area (Å²) >= 11 is 11.6. The number of alkyl halides is 1. The van der Waals surface area contributed by atoms with Crippen molar-refractivity contribution in [3.63, 3.8) is 0 Å². The molecule has 1 aromatic rings. The molecule has 0 spiro atoms. The summed E-state index contributed by atoms with van der Waals surface area (Å²) in [6.07, 6.45) is 0.739. The van der Waals surface area contributed by atoms with Gasteiger partial charge >= 0.3 is 0 Å². The van der Waals surface area contributed by atoms with Crippen LogP contribution in [0, 0.1) is 6.92 Å². The van der Waals surface area contributed by atoms with Crippen LogP contribution in [0.4, 0.5) is 0 Å². The number of aryl methyl sites for hydroxylation is 1. The molecule has 13 heavy (non-hydrogen) atoms. The minimum atomic E-state index is -0.0122. The molecule has 1 atom stereocenters. The molecule has 0 unspecified atom stereocenters. The SMILES string of the molecule is Cc1ccc(C[C@H](N)CCl)c(Cl)c1. The Hall–Kier alpha value is -0.240. The molecule has 0 aliphatic rings. The number of rotatable bonds is 3. The van der Waals surface area contributed by atoms with E-state index in [0.717, 1.165) is 22.6 Å². The zero-order chi connectivity index (χ0) is 9.84. The molecule has 0 saturated carbocycles. The molecule has 0 heterocycles. The highest BCUT2D eigenvalue weighted by Gasteiger charge is 2.05. The Labute approximate surface area is 88.8 Å². The van der Waals surface area contributed by atoms with Crippen molar-refractivity contribution in [2.45, 2.75) is 19.4 Å². The molecule has 0 radical (unpaired) electrons. The molecule has 0 bridgehead atoms. The van der Waals surface area contributed by atoms with Gasteiger partial charge in [-0.25, -0.2) is 0 Å². The van der Waals surface area contributed by atoms with E-state index in [1.807, 2.05) is 25.1 Å². The predicted molar refractivity (Wildman–Crippen MR) is 58.6 cm³/mol. The second kappa shape index (κ2) is 4.85. The quantitative estimate of drug-likeness (QED) is 0.775. The van der Waals surface area contributed by atoms with E-state index in [2.05, 4.69) is 0 Å². The van der Waals surface area contributed by atoms with Crippen LogP contribution >= 0.6 is 23.2 Å². The molecular formula is C10H13Cl2N. The van der Waals surface area contributed by atoms with Gasteiger partial charge in [-0.15, -0.1) is 11.6 Å². The monoisotopic (exact) mass is 217 g/mol. The third kappa shape index (κ3) is 3.18. The number of nitrogens with two attached hydrogens (primary N) is 1. The van der Waals surface area contributed by atoms with Crippen molar-refractivity contribution in [1.29, 1.82) is 0 Å². The van der Waals surface area contributed by atoms with E-state index in [-0.39, 0.29) is 6.04 Å². The summed E-state index contributed by atoms with van der Waals surface area (Å²) in [5.74, 6) is 0.463. The highest BCUT2D eigenvalue weighted by Crippen LogP contribution is 2.18. The Kier molecular flexibility index (Phi) is 4.04. The summed E-state index contributed by atoms with van der Waals surface area (Å²) in [5.41, 5.74) is 7.95. The summed E-state index contributed by atoms with van der Waals surface area (Å²) in [7, 11) is 0. The Morgan fingerprint density at radius 3 is 2.69 bits per heavy atom. The van der Waals surface area contributed by atoms with Gasteiger partial charge in [0.15, 0.2) is 0 Å². The Balaban J connectivity index is 2.77. The van der Waals surface area contributed by atoms with Crippen LogP contribution in [0.5, 0.6) is 0 Å². The fraction of sp³-hybridized carbons (Fsp3) is 0.400. The molecule has 2 N–H and O–H groups in total. The van der Waals surface area contributed by atoms with Crippen LogP contribution in [0.3, 0.4) is 0 Å². The second-order valence-electron chi connectivity index (χ2n) is 3.21. The van der Waals surface area contributed by atoms with Crippen molar-refractivity contribution in [2.75, 3.05) is 5.88 Å². The molecule has 1 rings (SSSR count). The first-order valence-electron chi connectivity index (χ1n) is 4.20. The van der Waals surface area contributed by atoms with Crippen LogP contribution in [0.15, 0.2) is 18.2 Å². The highest BCUT2D eigenvalue weighted by molar-refractivity contribution is 6.31. The van der Waals surface area contributed by atoms with Gasteiger partial charge in [-0.2, -0.15) is 0 Å². The summed E-state index contributed by atoms with van der Waals surface area (Å²) in [6, 6.07) is 5.96. The number of benzene rings is 1. The highest BCUT2D eigenvalue weighted by atomic mass is 35.5. The fourth-order valence-electron chi connectivity index (χ4n) is 1.15. The molecule has 0 fully saturated rings. The van der Waals surface area contributed by atoms with E-state index in [9.17, 15) is 0 Å².